The largest absolute Gasteiger partial charge is 0.395 e. The molecule has 1 heterocycles. The van der Waals surface area contributed by atoms with Crippen LogP contribution < -0.4 is 11.1 Å². The number of hydrogen-bond donors (Lipinski definition) is 2. The Balaban J connectivity index is 2.55. The van der Waals surface area contributed by atoms with Crippen LogP contribution in [0.4, 0.5) is 10.1 Å². The molecule has 3 N–H and O–H groups in total. The molecule has 7 nitrogen and oxygen atoms in total. The van der Waals surface area contributed by atoms with Crippen LogP contribution >= 0.6 is 27.5 Å². The molecule has 0 spiro atoms. The Bertz CT molecular complexity index is 739. The summed E-state index contributed by atoms with van der Waals surface area (Å²) in [5.41, 5.74) is 4.95. The number of amides is 2. The molecule has 21 heavy (non-hydrogen) atoms. The summed E-state index contributed by atoms with van der Waals surface area (Å²) in [5, 5.41) is 1.83. The van der Waals surface area contributed by atoms with Crippen LogP contribution in [0.25, 0.3) is 0 Å². The molecule has 0 bridgehead atoms. The number of halogens is 3. The van der Waals surface area contributed by atoms with Crippen LogP contribution in [0, 0.1) is 5.82 Å². The minimum Gasteiger partial charge on any atom is -0.395 e. The summed E-state index contributed by atoms with van der Waals surface area (Å²) in [6.45, 7) is -1.19. The molecule has 1 aromatic rings. The molecule has 0 aromatic heterocycles. The summed E-state index contributed by atoms with van der Waals surface area (Å²) in [4.78, 5) is 21.7. The van der Waals surface area contributed by atoms with Crippen molar-refractivity contribution >= 4 is 55.1 Å². The normalized spacial score (nSPS) is 16.9. The molecule has 0 unspecified atom stereocenters. The molecule has 0 aliphatic carbocycles. The van der Waals surface area contributed by atoms with E-state index in [0.717, 1.165) is 6.07 Å². The number of benzene rings is 1. The zero-order valence-electron chi connectivity index (χ0n) is 10.2. The number of hydrogen-bond acceptors (Lipinski definition) is 5. The molecule has 1 aliphatic rings. The van der Waals surface area contributed by atoms with Gasteiger partial charge in [0.25, 0.3) is 0 Å². The van der Waals surface area contributed by atoms with Crippen LogP contribution in [0.3, 0.4) is 0 Å². The number of nitrogen functional groups attached to an aromatic ring is 1. The van der Waals surface area contributed by atoms with E-state index in [-0.39, 0.29) is 9.50 Å². The lowest BCUT2D eigenvalue weighted by Gasteiger charge is -2.25. The summed E-state index contributed by atoms with van der Waals surface area (Å²) in [5.74, 6) is -2.80. The monoisotopic (exact) mass is 399 g/mol. The fourth-order valence-electron chi connectivity index (χ4n) is 1.71. The lowest BCUT2D eigenvalue weighted by molar-refractivity contribution is -0.134. The van der Waals surface area contributed by atoms with Gasteiger partial charge >= 0.3 is 0 Å². The van der Waals surface area contributed by atoms with Gasteiger partial charge in [-0.3, -0.25) is 14.9 Å². The summed E-state index contributed by atoms with van der Waals surface area (Å²) in [6, 6.07) is 0.865. The highest BCUT2D eigenvalue weighted by Gasteiger charge is 2.35. The molecule has 11 heteroatoms. The first-order valence-corrected chi connectivity index (χ1v) is 8.01. The van der Waals surface area contributed by atoms with Gasteiger partial charge in [-0.25, -0.2) is 12.8 Å². The molecule has 1 aromatic carbocycles. The quantitative estimate of drug-likeness (QED) is 0.426. The Morgan fingerprint density at radius 3 is 2.38 bits per heavy atom. The molecule has 0 radical (unpaired) electrons. The van der Waals surface area contributed by atoms with Gasteiger partial charge in [0, 0.05) is 0 Å². The summed E-state index contributed by atoms with van der Waals surface area (Å²) < 4.78 is 39.3. The fraction of sp³-hybridized carbons (Fsp3) is 0.200. The number of carbonyl (C=O) groups excluding carboxylic acids is 2. The van der Waals surface area contributed by atoms with Crippen molar-refractivity contribution in [2.45, 2.75) is 4.90 Å². The standard InChI is InChI=1S/C10H8BrClFN3O4S/c11-8-4(12)1-5(9(13)10(8)14)21(19,20)16-2-6(17)15-7(18)3-16/h1H,2-3,14H2,(H,15,17,18). The van der Waals surface area contributed by atoms with Gasteiger partial charge in [0.05, 0.1) is 28.3 Å². The molecule has 1 aliphatic heterocycles. The second-order valence-corrected chi connectivity index (χ2v) is 7.25. The molecule has 2 amide bonds. The van der Waals surface area contributed by atoms with E-state index in [1.165, 1.54) is 0 Å². The maximum absolute atomic E-state index is 14.1. The van der Waals surface area contributed by atoms with Gasteiger partial charge in [-0.2, -0.15) is 4.31 Å². The first-order chi connectivity index (χ1) is 9.64. The minimum atomic E-state index is -4.43. The van der Waals surface area contributed by atoms with Crippen molar-refractivity contribution in [2.24, 2.45) is 0 Å². The van der Waals surface area contributed by atoms with Crippen LogP contribution in [-0.2, 0) is 19.6 Å². The van der Waals surface area contributed by atoms with Gasteiger partial charge in [-0.05, 0) is 22.0 Å². The minimum absolute atomic E-state index is 0.0214. The van der Waals surface area contributed by atoms with Gasteiger partial charge in [0.1, 0.15) is 4.90 Å². The Morgan fingerprint density at radius 2 is 1.86 bits per heavy atom. The van der Waals surface area contributed by atoms with Crippen LogP contribution in [0.5, 0.6) is 0 Å². The van der Waals surface area contributed by atoms with E-state index < -0.39 is 51.3 Å². The van der Waals surface area contributed by atoms with Crippen molar-refractivity contribution in [1.29, 1.82) is 0 Å². The van der Waals surface area contributed by atoms with Crippen molar-refractivity contribution in [3.05, 3.63) is 21.4 Å². The number of piperazine rings is 1. The number of sulfonamides is 1. The van der Waals surface area contributed by atoms with E-state index in [1.807, 2.05) is 5.32 Å². The lowest BCUT2D eigenvalue weighted by atomic mass is 10.3. The van der Waals surface area contributed by atoms with Gasteiger partial charge in [-0.1, -0.05) is 11.6 Å². The average Bonchev–Trinajstić information content (AvgIpc) is 2.39. The summed E-state index contributed by atoms with van der Waals surface area (Å²) >= 11 is 8.69. The summed E-state index contributed by atoms with van der Waals surface area (Å²) in [7, 11) is -4.43. The zero-order valence-corrected chi connectivity index (χ0v) is 13.3. The molecule has 0 saturated carbocycles. The van der Waals surface area contributed by atoms with E-state index >= 15 is 0 Å². The number of anilines is 1. The highest BCUT2D eigenvalue weighted by atomic mass is 79.9. The van der Waals surface area contributed by atoms with Gasteiger partial charge < -0.3 is 5.73 Å². The first kappa shape index (κ1) is 16.1. The van der Waals surface area contributed by atoms with E-state index in [9.17, 15) is 22.4 Å². The second kappa shape index (κ2) is 5.52. The number of nitrogens with two attached hydrogens (primary N) is 1. The Hall–Kier alpha value is -1.23. The summed E-state index contributed by atoms with van der Waals surface area (Å²) in [6.07, 6.45) is 0. The Labute approximate surface area is 132 Å². The third-order valence-electron chi connectivity index (χ3n) is 2.69. The van der Waals surface area contributed by atoms with Crippen LogP contribution in [0.1, 0.15) is 0 Å². The lowest BCUT2D eigenvalue weighted by Crippen LogP contribution is -2.53. The predicted octanol–water partition coefficient (Wildman–Crippen LogP) is 0.471. The van der Waals surface area contributed by atoms with E-state index in [1.54, 1.807) is 0 Å². The van der Waals surface area contributed by atoms with Crippen molar-refractivity contribution in [3.8, 4) is 0 Å². The second-order valence-electron chi connectivity index (χ2n) is 4.14. The molecule has 1 fully saturated rings. The predicted molar refractivity (Wildman–Crippen MR) is 75.4 cm³/mol. The molecule has 0 atom stereocenters. The van der Waals surface area contributed by atoms with E-state index in [2.05, 4.69) is 15.9 Å². The van der Waals surface area contributed by atoms with Crippen molar-refractivity contribution < 1.29 is 22.4 Å². The highest BCUT2D eigenvalue weighted by Crippen LogP contribution is 2.35. The first-order valence-electron chi connectivity index (χ1n) is 5.40. The number of nitrogens with zero attached hydrogens (tertiary/aromatic N) is 1. The van der Waals surface area contributed by atoms with E-state index in [0.29, 0.717) is 4.31 Å². The number of imide groups is 1. The zero-order chi connectivity index (χ0) is 15.9. The molecule has 2 rings (SSSR count). The van der Waals surface area contributed by atoms with Crippen molar-refractivity contribution in [3.63, 3.8) is 0 Å². The van der Waals surface area contributed by atoms with Gasteiger partial charge in [-0.15, -0.1) is 0 Å². The number of carbonyl (C=O) groups is 2. The smallest absolute Gasteiger partial charge is 0.247 e. The van der Waals surface area contributed by atoms with Crippen molar-refractivity contribution in [1.82, 2.24) is 9.62 Å². The average molecular weight is 401 g/mol. The highest BCUT2D eigenvalue weighted by molar-refractivity contribution is 9.10. The van der Waals surface area contributed by atoms with Gasteiger partial charge in [0.2, 0.25) is 21.8 Å². The number of rotatable bonds is 2. The van der Waals surface area contributed by atoms with E-state index in [4.69, 9.17) is 17.3 Å². The SMILES string of the molecule is Nc1c(F)c(S(=O)(=O)N2CC(=O)NC(=O)C2)cc(Cl)c1Br. The Morgan fingerprint density at radius 1 is 1.33 bits per heavy atom. The number of nitrogens with one attached hydrogen (secondary N) is 1. The third-order valence-corrected chi connectivity index (χ3v) is 5.86. The molecule has 1 saturated heterocycles. The maximum atomic E-state index is 14.1. The third kappa shape index (κ3) is 2.89. The maximum Gasteiger partial charge on any atom is 0.247 e. The Kier molecular flexibility index (Phi) is 4.24. The van der Waals surface area contributed by atoms with Crippen molar-refractivity contribution in [2.75, 3.05) is 18.8 Å². The molecular weight excluding hydrogens is 393 g/mol. The van der Waals surface area contributed by atoms with Crippen LogP contribution in [0.2, 0.25) is 5.02 Å². The van der Waals surface area contributed by atoms with Gasteiger partial charge in [0.15, 0.2) is 5.82 Å². The van der Waals surface area contributed by atoms with Crippen LogP contribution in [-0.4, -0.2) is 37.6 Å². The fourth-order valence-corrected chi connectivity index (χ4v) is 3.73. The van der Waals surface area contributed by atoms with Crippen LogP contribution in [0.15, 0.2) is 15.4 Å². The topological polar surface area (TPSA) is 110 Å². The molecular formula is C10H8BrClFN3O4S. The molecule has 114 valence electrons.